The predicted molar refractivity (Wildman–Crippen MR) is 72.5 cm³/mol. The van der Waals surface area contributed by atoms with E-state index in [-0.39, 0.29) is 0 Å². The van der Waals surface area contributed by atoms with E-state index in [0.717, 1.165) is 18.8 Å². The van der Waals surface area contributed by atoms with Gasteiger partial charge in [-0.15, -0.1) is 11.3 Å². The van der Waals surface area contributed by atoms with E-state index in [1.54, 1.807) is 0 Å². The van der Waals surface area contributed by atoms with Crippen LogP contribution in [0.4, 0.5) is 0 Å². The monoisotopic (exact) mass is 249 g/mol. The maximum Gasteiger partial charge on any atom is 0.110 e. The van der Waals surface area contributed by atoms with Gasteiger partial charge in [-0.25, -0.2) is 4.98 Å². The molecule has 0 fully saturated rings. The van der Waals surface area contributed by atoms with Gasteiger partial charge >= 0.3 is 0 Å². The summed E-state index contributed by atoms with van der Waals surface area (Å²) in [5, 5.41) is 3.38. The van der Waals surface area contributed by atoms with Gasteiger partial charge in [-0.2, -0.15) is 0 Å². The normalized spacial score (nSPS) is 12.9. The largest absolute Gasteiger partial charge is 0.335 e. The van der Waals surface area contributed by atoms with Gasteiger partial charge in [0.2, 0.25) is 0 Å². The maximum atomic E-state index is 4.43. The molecule has 2 heterocycles. The molecule has 0 amide bonds. The van der Waals surface area contributed by atoms with Crippen LogP contribution in [-0.2, 0) is 13.0 Å². The van der Waals surface area contributed by atoms with Gasteiger partial charge in [0.1, 0.15) is 5.82 Å². The lowest BCUT2D eigenvalue weighted by molar-refractivity contribution is 0.560. The molecule has 2 rings (SSSR count). The van der Waals surface area contributed by atoms with Crippen LogP contribution in [0.15, 0.2) is 24.5 Å². The van der Waals surface area contributed by atoms with Gasteiger partial charge in [-0.3, -0.25) is 0 Å². The van der Waals surface area contributed by atoms with Crippen LogP contribution in [-0.4, -0.2) is 16.6 Å². The smallest absolute Gasteiger partial charge is 0.110 e. The molecule has 0 radical (unpaired) electrons. The molecule has 3 nitrogen and oxygen atoms in total. The fraction of sp³-hybridized carbons (Fsp3) is 0.462. The fourth-order valence-corrected chi connectivity index (χ4v) is 2.97. The van der Waals surface area contributed by atoms with Gasteiger partial charge in [-0.05, 0) is 33.0 Å². The van der Waals surface area contributed by atoms with Crippen molar-refractivity contribution in [2.45, 2.75) is 32.9 Å². The summed E-state index contributed by atoms with van der Waals surface area (Å²) in [6, 6.07) is 4.75. The Kier molecular flexibility index (Phi) is 3.97. The van der Waals surface area contributed by atoms with E-state index in [2.05, 4.69) is 40.8 Å². The highest BCUT2D eigenvalue weighted by atomic mass is 32.1. The van der Waals surface area contributed by atoms with Gasteiger partial charge in [-0.1, -0.05) is 0 Å². The lowest BCUT2D eigenvalue weighted by atomic mass is 10.1. The summed E-state index contributed by atoms with van der Waals surface area (Å²) in [6.07, 6.45) is 4.87. The Balaban J connectivity index is 2.15. The van der Waals surface area contributed by atoms with Gasteiger partial charge in [0.25, 0.3) is 0 Å². The molecule has 0 saturated heterocycles. The van der Waals surface area contributed by atoms with Crippen molar-refractivity contribution in [3.8, 4) is 0 Å². The number of rotatable bonds is 5. The quantitative estimate of drug-likeness (QED) is 0.883. The first-order chi connectivity index (χ1) is 8.24. The van der Waals surface area contributed by atoms with Crippen molar-refractivity contribution < 1.29 is 0 Å². The average Bonchev–Trinajstić information content (AvgIpc) is 2.94. The summed E-state index contributed by atoms with van der Waals surface area (Å²) in [5.74, 6) is 1.15. The Bertz CT molecular complexity index is 472. The van der Waals surface area contributed by atoms with Crippen molar-refractivity contribution in [2.24, 2.45) is 0 Å². The number of hydrogen-bond donors (Lipinski definition) is 1. The molecular formula is C13H19N3S. The molecule has 1 N–H and O–H groups in total. The third-order valence-electron chi connectivity index (χ3n) is 2.98. The number of nitrogens with zero attached hydrogens (tertiary/aromatic N) is 2. The van der Waals surface area contributed by atoms with Crippen LogP contribution in [0.5, 0.6) is 0 Å². The van der Waals surface area contributed by atoms with Crippen LogP contribution in [0.1, 0.15) is 28.5 Å². The lowest BCUT2D eigenvalue weighted by Crippen LogP contribution is -2.19. The molecule has 1 unspecified atom stereocenters. The summed E-state index contributed by atoms with van der Waals surface area (Å²) in [7, 11) is 2.01. The molecule has 0 aliphatic heterocycles. The van der Waals surface area contributed by atoms with Crippen LogP contribution in [0.25, 0.3) is 0 Å². The number of hydrogen-bond acceptors (Lipinski definition) is 3. The highest BCUT2D eigenvalue weighted by molar-refractivity contribution is 7.12. The Labute approximate surface area is 107 Å². The van der Waals surface area contributed by atoms with E-state index in [9.17, 15) is 0 Å². The molecule has 0 bridgehead atoms. The Morgan fingerprint density at radius 2 is 2.29 bits per heavy atom. The Morgan fingerprint density at radius 3 is 2.88 bits per heavy atom. The molecule has 1 atom stereocenters. The first-order valence-electron chi connectivity index (χ1n) is 5.98. The van der Waals surface area contributed by atoms with Crippen molar-refractivity contribution in [1.29, 1.82) is 0 Å². The second-order valence-corrected chi connectivity index (χ2v) is 5.44. The van der Waals surface area contributed by atoms with E-state index in [1.807, 2.05) is 30.8 Å². The van der Waals surface area contributed by atoms with Crippen LogP contribution >= 0.6 is 11.3 Å². The van der Waals surface area contributed by atoms with Crippen LogP contribution in [0.3, 0.4) is 0 Å². The molecule has 2 aromatic heterocycles. The summed E-state index contributed by atoms with van der Waals surface area (Å²) in [4.78, 5) is 7.18. The third kappa shape index (κ3) is 2.76. The predicted octanol–water partition coefficient (Wildman–Crippen LogP) is 2.78. The van der Waals surface area contributed by atoms with Crippen molar-refractivity contribution in [1.82, 2.24) is 14.9 Å². The van der Waals surface area contributed by atoms with Gasteiger partial charge < -0.3 is 9.88 Å². The summed E-state index contributed by atoms with van der Waals surface area (Å²) in [6.45, 7) is 5.28. The number of likely N-dealkylation sites (N-methyl/N-ethyl adjacent to an activating group) is 1. The average molecular weight is 249 g/mol. The number of aromatic nitrogens is 2. The molecule has 2 aromatic rings. The SMILES string of the molecule is CCn1ccnc1CC(NC)c1ccc(C)s1. The molecular weight excluding hydrogens is 230 g/mol. The van der Waals surface area contributed by atoms with E-state index in [1.165, 1.54) is 9.75 Å². The van der Waals surface area contributed by atoms with Gasteiger partial charge in [0.05, 0.1) is 0 Å². The first kappa shape index (κ1) is 12.3. The zero-order chi connectivity index (χ0) is 12.3. The third-order valence-corrected chi connectivity index (χ3v) is 4.10. The van der Waals surface area contributed by atoms with Crippen molar-refractivity contribution >= 4 is 11.3 Å². The van der Waals surface area contributed by atoms with Crippen molar-refractivity contribution in [3.63, 3.8) is 0 Å². The van der Waals surface area contributed by atoms with E-state index in [0.29, 0.717) is 6.04 Å². The molecule has 0 spiro atoms. The Morgan fingerprint density at radius 1 is 1.47 bits per heavy atom. The minimum Gasteiger partial charge on any atom is -0.335 e. The topological polar surface area (TPSA) is 29.9 Å². The van der Waals surface area contributed by atoms with E-state index in [4.69, 9.17) is 0 Å². The highest BCUT2D eigenvalue weighted by Gasteiger charge is 2.14. The number of nitrogens with one attached hydrogen (secondary N) is 1. The second-order valence-electron chi connectivity index (χ2n) is 4.12. The van der Waals surface area contributed by atoms with E-state index < -0.39 is 0 Å². The standard InChI is InChI=1S/C13H19N3S/c1-4-16-8-7-15-13(16)9-11(14-3)12-6-5-10(2)17-12/h5-8,11,14H,4,9H2,1-3H3. The van der Waals surface area contributed by atoms with Crippen LogP contribution in [0, 0.1) is 6.92 Å². The zero-order valence-electron chi connectivity index (χ0n) is 10.6. The second kappa shape index (κ2) is 5.47. The van der Waals surface area contributed by atoms with Gasteiger partial charge in [0, 0.05) is 41.2 Å². The van der Waals surface area contributed by atoms with Crippen molar-refractivity contribution in [3.05, 3.63) is 40.1 Å². The molecule has 92 valence electrons. The lowest BCUT2D eigenvalue weighted by Gasteiger charge is -2.14. The highest BCUT2D eigenvalue weighted by Crippen LogP contribution is 2.25. The first-order valence-corrected chi connectivity index (χ1v) is 6.79. The number of thiophene rings is 1. The summed E-state index contributed by atoms with van der Waals surface area (Å²) >= 11 is 1.86. The minimum absolute atomic E-state index is 0.362. The number of aryl methyl sites for hydroxylation is 2. The fourth-order valence-electron chi connectivity index (χ4n) is 1.99. The van der Waals surface area contributed by atoms with E-state index >= 15 is 0 Å². The summed E-state index contributed by atoms with van der Waals surface area (Å²) < 4.78 is 2.20. The molecule has 4 heteroatoms. The minimum atomic E-state index is 0.362. The summed E-state index contributed by atoms with van der Waals surface area (Å²) in [5.41, 5.74) is 0. The molecule has 0 aromatic carbocycles. The van der Waals surface area contributed by atoms with Crippen LogP contribution < -0.4 is 5.32 Å². The Hall–Kier alpha value is -1.13. The maximum absolute atomic E-state index is 4.43. The number of imidazole rings is 1. The zero-order valence-corrected chi connectivity index (χ0v) is 11.4. The van der Waals surface area contributed by atoms with Crippen LogP contribution in [0.2, 0.25) is 0 Å². The molecule has 0 aliphatic carbocycles. The molecule has 17 heavy (non-hydrogen) atoms. The van der Waals surface area contributed by atoms with Crippen molar-refractivity contribution in [2.75, 3.05) is 7.05 Å². The molecule has 0 aliphatic rings. The van der Waals surface area contributed by atoms with Gasteiger partial charge in [0.15, 0.2) is 0 Å². The molecule has 0 saturated carbocycles.